The van der Waals surface area contributed by atoms with Gasteiger partial charge in [-0.2, -0.15) is 0 Å². The fourth-order valence-corrected chi connectivity index (χ4v) is 0. The minimum Gasteiger partial charge on any atom is 0.0890 e. The third-order valence-corrected chi connectivity index (χ3v) is 0. The van der Waals surface area contributed by atoms with Gasteiger partial charge in [-0.3, -0.25) is 0 Å². The first-order valence-corrected chi connectivity index (χ1v) is 4.51. The van der Waals surface area contributed by atoms with Crippen LogP contribution in [-0.2, 0) is 8.96 Å². The average Bonchev–Trinajstić information content (AvgIpc) is 0.811. The van der Waals surface area contributed by atoms with Crippen LogP contribution in [0.15, 0.2) is 0 Å². The van der Waals surface area contributed by atoms with Crippen molar-refractivity contribution in [1.82, 2.24) is 0 Å². The first-order valence-electron chi connectivity index (χ1n) is 0.773. The fourth-order valence-electron chi connectivity index (χ4n) is 0. The maximum Gasteiger partial charge on any atom is 0.122 e. The lowest BCUT2D eigenvalue weighted by Gasteiger charge is -1.62. The third kappa shape index (κ3) is 11.6. The molecule has 0 aromatic heterocycles. The van der Waals surface area contributed by atoms with Crippen molar-refractivity contribution in [2.45, 2.75) is 0 Å². The molecule has 0 aromatic rings. The van der Waals surface area contributed by atoms with Gasteiger partial charge in [-0.1, -0.05) is 0 Å². The number of hydrogen-bond donors (Lipinski definition) is 2. The van der Waals surface area contributed by atoms with Gasteiger partial charge in [-0.05, 0) is 0 Å². The van der Waals surface area contributed by atoms with E-state index in [0.717, 1.165) is 0 Å². The summed E-state index contributed by atoms with van der Waals surface area (Å²) in [6.07, 6.45) is 1.92. The van der Waals surface area contributed by atoms with Crippen molar-refractivity contribution in [1.29, 1.82) is 0 Å². The van der Waals surface area contributed by atoms with E-state index in [1.54, 1.807) is 0 Å². The topological polar surface area (TPSA) is 0 Å². The molecule has 0 saturated carbocycles. The molecule has 0 aliphatic heterocycles. The second kappa shape index (κ2) is 2.30. The lowest BCUT2D eigenvalue weighted by Crippen LogP contribution is -1.60. The van der Waals surface area contributed by atoms with Crippen LogP contribution < -0.4 is 0 Å². The molecule has 3 heteroatoms. The Kier molecular flexibility index (Phi) is 2.90. The van der Waals surface area contributed by atoms with Gasteiger partial charge in [-0.25, -0.2) is 0 Å². The van der Waals surface area contributed by atoms with Crippen LogP contribution in [0.25, 0.3) is 0 Å². The monoisotopic (exact) mass is 113 g/mol. The van der Waals surface area contributed by atoms with Crippen LogP contribution in [0.3, 0.4) is 0 Å². The molecule has 0 atom stereocenters. The SMILES string of the molecule is C[S+](S)S. The quantitative estimate of drug-likeness (QED) is 0.260. The molecule has 0 aromatic carbocycles. The average molecular weight is 113 g/mol. The summed E-state index contributed by atoms with van der Waals surface area (Å²) in [7, 11) is 0.0278. The Morgan fingerprint density at radius 2 is 1.50 bits per heavy atom. The van der Waals surface area contributed by atoms with Crippen LogP contribution in [0.1, 0.15) is 0 Å². The zero-order chi connectivity index (χ0) is 3.58. The maximum atomic E-state index is 3.86. The minimum atomic E-state index is 0.0278. The van der Waals surface area contributed by atoms with Gasteiger partial charge >= 0.3 is 0 Å². The predicted octanol–water partition coefficient (Wildman–Crippen LogP) is 0.924. The smallest absolute Gasteiger partial charge is 0.0890 e. The van der Waals surface area contributed by atoms with Crippen molar-refractivity contribution < 1.29 is 0 Å². The van der Waals surface area contributed by atoms with E-state index >= 15 is 0 Å². The first kappa shape index (κ1) is 5.05. The zero-order valence-corrected chi connectivity index (χ0v) is 4.91. The van der Waals surface area contributed by atoms with E-state index in [9.17, 15) is 0 Å². The lowest BCUT2D eigenvalue weighted by atomic mass is 12.0. The van der Waals surface area contributed by atoms with E-state index in [2.05, 4.69) is 23.3 Å². The van der Waals surface area contributed by atoms with Crippen molar-refractivity contribution in [2.75, 3.05) is 6.26 Å². The molecule has 0 spiro atoms. The molecule has 0 aliphatic rings. The largest absolute Gasteiger partial charge is 0.122 e. The Labute approximate surface area is 38.9 Å². The second-order valence-corrected chi connectivity index (χ2v) is 5.49. The summed E-state index contributed by atoms with van der Waals surface area (Å²) in [5, 5.41) is 0. The van der Waals surface area contributed by atoms with Crippen LogP contribution >= 0.6 is 23.3 Å². The molecule has 0 unspecified atom stereocenters. The molecule has 0 saturated heterocycles. The standard InChI is InChI=1S/CH5S3/c1-4(2)3/h2-3H,1H3/q+1. The van der Waals surface area contributed by atoms with E-state index < -0.39 is 0 Å². The van der Waals surface area contributed by atoms with Crippen molar-refractivity contribution in [3.63, 3.8) is 0 Å². The number of rotatable bonds is 0. The Hall–Kier alpha value is 1.05. The van der Waals surface area contributed by atoms with Crippen molar-refractivity contribution in [2.24, 2.45) is 0 Å². The van der Waals surface area contributed by atoms with E-state index in [1.165, 1.54) is 0 Å². The summed E-state index contributed by atoms with van der Waals surface area (Å²) >= 11 is 7.72. The first-order chi connectivity index (χ1) is 1.73. The van der Waals surface area contributed by atoms with Gasteiger partial charge in [0.2, 0.25) is 0 Å². The Morgan fingerprint density at radius 1 is 1.50 bits per heavy atom. The predicted molar refractivity (Wildman–Crippen MR) is 31.3 cm³/mol. The Balaban J connectivity index is 2.32. The van der Waals surface area contributed by atoms with Gasteiger partial charge in [-0.15, -0.1) is 0 Å². The summed E-state index contributed by atoms with van der Waals surface area (Å²) in [6.45, 7) is 0. The second-order valence-electron chi connectivity index (χ2n) is 0.447. The molecular weight excluding hydrogens is 108 g/mol. The fraction of sp³-hybridized carbons (Fsp3) is 1.00. The molecule has 4 heavy (non-hydrogen) atoms. The van der Waals surface area contributed by atoms with Gasteiger partial charge in [0.25, 0.3) is 0 Å². The molecule has 0 N–H and O–H groups in total. The molecule has 0 fully saturated rings. The number of hydrogen-bond acceptors (Lipinski definition) is 2. The van der Waals surface area contributed by atoms with Crippen LogP contribution in [0.2, 0.25) is 0 Å². The summed E-state index contributed by atoms with van der Waals surface area (Å²) in [4.78, 5) is 0. The molecule has 0 nitrogen and oxygen atoms in total. The molecule has 0 heterocycles. The molecule has 0 amide bonds. The van der Waals surface area contributed by atoms with Crippen molar-refractivity contribution in [3.05, 3.63) is 0 Å². The molecule has 0 radical (unpaired) electrons. The summed E-state index contributed by atoms with van der Waals surface area (Å²) in [5.74, 6) is 0. The van der Waals surface area contributed by atoms with E-state index in [1.807, 2.05) is 6.26 Å². The zero-order valence-electron chi connectivity index (χ0n) is 2.30. The molecule has 0 aliphatic carbocycles. The highest BCUT2D eigenvalue weighted by molar-refractivity contribution is 8.97. The molecule has 0 bridgehead atoms. The Morgan fingerprint density at radius 3 is 1.50 bits per heavy atom. The van der Waals surface area contributed by atoms with Gasteiger partial charge < -0.3 is 0 Å². The summed E-state index contributed by atoms with van der Waals surface area (Å²) in [6, 6.07) is 0. The highest BCUT2D eigenvalue weighted by Crippen LogP contribution is 1.97. The van der Waals surface area contributed by atoms with Gasteiger partial charge in [0.05, 0.1) is 23.3 Å². The minimum absolute atomic E-state index is 0.0278. The summed E-state index contributed by atoms with van der Waals surface area (Å²) in [5.41, 5.74) is 0. The van der Waals surface area contributed by atoms with Crippen LogP contribution in [0.5, 0.6) is 0 Å². The van der Waals surface area contributed by atoms with Gasteiger partial charge in [0.15, 0.2) is 0 Å². The number of thiol groups is 2. The van der Waals surface area contributed by atoms with Gasteiger partial charge in [0, 0.05) is 0 Å². The van der Waals surface area contributed by atoms with Crippen molar-refractivity contribution >= 4 is 32.3 Å². The van der Waals surface area contributed by atoms with Crippen LogP contribution in [-0.4, -0.2) is 6.26 Å². The van der Waals surface area contributed by atoms with E-state index in [-0.39, 0.29) is 8.96 Å². The van der Waals surface area contributed by atoms with Gasteiger partial charge in [0.1, 0.15) is 15.2 Å². The van der Waals surface area contributed by atoms with Crippen LogP contribution in [0, 0.1) is 0 Å². The maximum absolute atomic E-state index is 3.86. The molecule has 26 valence electrons. The highest BCUT2D eigenvalue weighted by Gasteiger charge is 1.84. The molecular formula is CH5S3+. The van der Waals surface area contributed by atoms with E-state index in [0.29, 0.717) is 0 Å². The Bertz CT molecular complexity index is 8.00. The van der Waals surface area contributed by atoms with Crippen molar-refractivity contribution in [3.8, 4) is 0 Å². The summed E-state index contributed by atoms with van der Waals surface area (Å²) < 4.78 is 0. The lowest BCUT2D eigenvalue weighted by molar-refractivity contribution is 2.53. The normalized spacial score (nSPS) is 9.00. The highest BCUT2D eigenvalue weighted by atomic mass is 33.5. The van der Waals surface area contributed by atoms with Crippen LogP contribution in [0.4, 0.5) is 0 Å². The van der Waals surface area contributed by atoms with E-state index in [4.69, 9.17) is 0 Å². The molecule has 0 rings (SSSR count). The third-order valence-electron chi connectivity index (χ3n) is 0.